The van der Waals surface area contributed by atoms with E-state index in [9.17, 15) is 26.5 Å². The van der Waals surface area contributed by atoms with Gasteiger partial charge in [-0.3, -0.25) is 0 Å². The van der Waals surface area contributed by atoms with Gasteiger partial charge in [-0.2, -0.15) is 8.78 Å². The molecule has 0 amide bonds. The summed E-state index contributed by atoms with van der Waals surface area (Å²) in [6, 6.07) is 0. The summed E-state index contributed by atoms with van der Waals surface area (Å²) in [5.74, 6) is -0.200. The van der Waals surface area contributed by atoms with E-state index in [0.29, 0.717) is 24.2 Å². The molecule has 4 fully saturated rings. The van der Waals surface area contributed by atoms with Crippen LogP contribution in [0.5, 0.6) is 0 Å². The molecule has 0 aromatic carbocycles. The Morgan fingerprint density at radius 1 is 1.14 bits per heavy atom. The molecule has 0 unspecified atom stereocenters. The molecule has 4 aliphatic carbocycles. The van der Waals surface area contributed by atoms with Gasteiger partial charge >= 0.3 is 11.2 Å². The van der Waals surface area contributed by atoms with Crippen molar-refractivity contribution in [1.29, 1.82) is 0 Å². The lowest BCUT2D eigenvalue weighted by molar-refractivity contribution is -0.163. The first-order chi connectivity index (χ1) is 10.1. The van der Waals surface area contributed by atoms with Crippen LogP contribution in [0.2, 0.25) is 0 Å². The summed E-state index contributed by atoms with van der Waals surface area (Å²) in [5.41, 5.74) is 0.0423. The van der Waals surface area contributed by atoms with Gasteiger partial charge in [0.05, 0.1) is 6.61 Å². The first kappa shape index (κ1) is 16.1. The van der Waals surface area contributed by atoms with Crippen LogP contribution in [0.15, 0.2) is 0 Å². The molecule has 0 N–H and O–H groups in total. The summed E-state index contributed by atoms with van der Waals surface area (Å²) < 4.78 is 61.6. The van der Waals surface area contributed by atoms with Crippen LogP contribution in [-0.4, -0.2) is 30.8 Å². The van der Waals surface area contributed by atoms with Crippen LogP contribution in [0.4, 0.5) is 8.78 Å². The van der Waals surface area contributed by atoms with Crippen LogP contribution in [0.3, 0.4) is 0 Å². The van der Waals surface area contributed by atoms with Crippen molar-refractivity contribution in [1.82, 2.24) is 0 Å². The summed E-state index contributed by atoms with van der Waals surface area (Å²) in [7, 11) is -6.03. The molecule has 0 saturated heterocycles. The Morgan fingerprint density at radius 2 is 1.59 bits per heavy atom. The van der Waals surface area contributed by atoms with E-state index in [2.05, 4.69) is 4.74 Å². The van der Waals surface area contributed by atoms with Gasteiger partial charge in [-0.1, -0.05) is 0 Å². The zero-order valence-corrected chi connectivity index (χ0v) is 12.9. The van der Waals surface area contributed by atoms with E-state index in [1.54, 1.807) is 0 Å². The third-order valence-corrected chi connectivity index (χ3v) is 6.38. The minimum atomic E-state index is -6.03. The Hall–Kier alpha value is -0.760. The third-order valence-electron chi connectivity index (χ3n) is 5.58. The minimum absolute atomic E-state index is 0.0423. The van der Waals surface area contributed by atoms with Crippen molar-refractivity contribution in [3.05, 3.63) is 0 Å². The lowest BCUT2D eigenvalue weighted by Crippen LogP contribution is -2.46. The maximum absolute atomic E-state index is 13.0. The molecule has 4 rings (SSSR count). The molecule has 4 aliphatic rings. The van der Waals surface area contributed by atoms with Gasteiger partial charge in [-0.25, -0.2) is 13.2 Å². The first-order valence-electron chi connectivity index (χ1n) is 7.62. The van der Waals surface area contributed by atoms with Gasteiger partial charge in [0.1, 0.15) is 0 Å². The van der Waals surface area contributed by atoms with Gasteiger partial charge in [0.2, 0.25) is 0 Å². The Bertz CT molecular complexity index is 536. The highest BCUT2D eigenvalue weighted by atomic mass is 32.2. The predicted octanol–water partition coefficient (Wildman–Crippen LogP) is 2.27. The minimum Gasteiger partial charge on any atom is -0.743 e. The van der Waals surface area contributed by atoms with Gasteiger partial charge in [0, 0.05) is 0 Å². The molecule has 0 aromatic rings. The first-order valence-corrected chi connectivity index (χ1v) is 9.03. The average molecular weight is 337 g/mol. The molecule has 126 valence electrons. The van der Waals surface area contributed by atoms with Crippen LogP contribution in [-0.2, 0) is 19.6 Å². The number of esters is 1. The Morgan fingerprint density at radius 3 is 2.00 bits per heavy atom. The molecule has 5 nitrogen and oxygen atoms in total. The Labute approximate surface area is 128 Å². The normalized spacial score (nSPS) is 37.3. The SMILES string of the molecule is O=C(OCCC12CC3CC(CC(C3)C1)C2)C(F)(F)S(=O)(=O)[O-]. The van der Waals surface area contributed by atoms with Crippen LogP contribution in [0, 0.1) is 23.2 Å². The van der Waals surface area contributed by atoms with Gasteiger partial charge < -0.3 is 9.29 Å². The zero-order chi connectivity index (χ0) is 16.2. The second kappa shape index (κ2) is 5.12. The van der Waals surface area contributed by atoms with Gasteiger partial charge in [-0.05, 0) is 68.1 Å². The number of hydrogen-bond acceptors (Lipinski definition) is 5. The van der Waals surface area contributed by atoms with E-state index in [4.69, 9.17) is 0 Å². The quantitative estimate of drug-likeness (QED) is 0.568. The lowest BCUT2D eigenvalue weighted by Gasteiger charge is -2.57. The number of carbonyl (C=O) groups excluding carboxylic acids is 1. The zero-order valence-electron chi connectivity index (χ0n) is 12.1. The van der Waals surface area contributed by atoms with Crippen molar-refractivity contribution in [2.45, 2.75) is 50.2 Å². The molecule has 0 radical (unpaired) electrons. The molecule has 4 saturated carbocycles. The molecule has 0 heterocycles. The fourth-order valence-electron chi connectivity index (χ4n) is 5.14. The van der Waals surface area contributed by atoms with Crippen LogP contribution < -0.4 is 0 Å². The lowest BCUT2D eigenvalue weighted by atomic mass is 9.49. The second-order valence-electron chi connectivity index (χ2n) is 7.27. The van der Waals surface area contributed by atoms with E-state index < -0.39 is 21.3 Å². The number of carbonyl (C=O) groups is 1. The van der Waals surface area contributed by atoms with E-state index in [0.717, 1.165) is 19.3 Å². The fourth-order valence-corrected chi connectivity index (χ4v) is 5.41. The fraction of sp³-hybridized carbons (Fsp3) is 0.929. The number of alkyl halides is 2. The van der Waals surface area contributed by atoms with Crippen molar-refractivity contribution in [2.75, 3.05) is 6.61 Å². The van der Waals surface area contributed by atoms with Crippen molar-refractivity contribution < 1.29 is 31.3 Å². The maximum atomic E-state index is 13.0. The molecule has 22 heavy (non-hydrogen) atoms. The van der Waals surface area contributed by atoms with Crippen molar-refractivity contribution in [2.24, 2.45) is 23.2 Å². The van der Waals surface area contributed by atoms with Crippen molar-refractivity contribution >= 4 is 16.1 Å². The van der Waals surface area contributed by atoms with E-state index in [1.807, 2.05) is 0 Å². The molecule has 4 bridgehead atoms. The molecular formula is C14H19F2O5S-. The molecule has 0 aliphatic heterocycles. The summed E-state index contributed by atoms with van der Waals surface area (Å²) in [5, 5.41) is -5.01. The molecule has 0 aromatic heterocycles. The number of ether oxygens (including phenoxy) is 1. The number of halogens is 2. The summed E-state index contributed by atoms with van der Waals surface area (Å²) in [4.78, 5) is 11.1. The van der Waals surface area contributed by atoms with E-state index >= 15 is 0 Å². The maximum Gasteiger partial charge on any atom is 0.428 e. The van der Waals surface area contributed by atoms with Crippen LogP contribution in [0.25, 0.3) is 0 Å². The standard InChI is InChI=1S/C14H20F2O5S/c15-14(16,22(18,19)20)12(17)21-2-1-13-6-9-3-10(7-13)5-11(4-9)8-13/h9-11H,1-8H2,(H,18,19,20)/p-1. The molecular weight excluding hydrogens is 318 g/mol. The highest BCUT2D eigenvalue weighted by Gasteiger charge is 2.51. The third kappa shape index (κ3) is 2.75. The van der Waals surface area contributed by atoms with Crippen LogP contribution in [0.1, 0.15) is 44.9 Å². The summed E-state index contributed by atoms with van der Waals surface area (Å²) in [6.07, 6.45) is 7.30. The van der Waals surface area contributed by atoms with E-state index in [1.165, 1.54) is 19.3 Å². The highest BCUT2D eigenvalue weighted by molar-refractivity contribution is 7.87. The molecule has 8 heteroatoms. The predicted molar refractivity (Wildman–Crippen MR) is 70.8 cm³/mol. The number of hydrogen-bond donors (Lipinski definition) is 0. The van der Waals surface area contributed by atoms with E-state index in [-0.39, 0.29) is 12.0 Å². The largest absolute Gasteiger partial charge is 0.743 e. The number of rotatable bonds is 5. The Balaban J connectivity index is 1.57. The van der Waals surface area contributed by atoms with Gasteiger partial charge in [-0.15, -0.1) is 0 Å². The Kier molecular flexibility index (Phi) is 3.75. The monoisotopic (exact) mass is 337 g/mol. The highest BCUT2D eigenvalue weighted by Crippen LogP contribution is 2.61. The molecule has 0 spiro atoms. The topological polar surface area (TPSA) is 83.5 Å². The van der Waals surface area contributed by atoms with Crippen molar-refractivity contribution in [3.8, 4) is 0 Å². The summed E-state index contributed by atoms with van der Waals surface area (Å²) >= 11 is 0. The smallest absolute Gasteiger partial charge is 0.428 e. The van der Waals surface area contributed by atoms with Gasteiger partial charge in [0.25, 0.3) is 0 Å². The molecule has 0 atom stereocenters. The average Bonchev–Trinajstić information content (AvgIpc) is 2.35. The summed E-state index contributed by atoms with van der Waals surface area (Å²) in [6.45, 7) is -0.254. The second-order valence-corrected chi connectivity index (χ2v) is 8.70. The van der Waals surface area contributed by atoms with Crippen LogP contribution >= 0.6 is 0 Å². The van der Waals surface area contributed by atoms with Crippen molar-refractivity contribution in [3.63, 3.8) is 0 Å². The van der Waals surface area contributed by atoms with Gasteiger partial charge in [0.15, 0.2) is 10.1 Å².